The molecule has 0 atom stereocenters. The van der Waals surface area contributed by atoms with Crippen molar-refractivity contribution in [2.75, 3.05) is 6.54 Å². The number of hydrogen-bond acceptors (Lipinski definition) is 7. The fraction of sp³-hybridized carbons (Fsp3) is 0.316. The van der Waals surface area contributed by atoms with E-state index in [2.05, 4.69) is 19.9 Å². The van der Waals surface area contributed by atoms with Gasteiger partial charge in [-0.15, -0.1) is 11.3 Å². The summed E-state index contributed by atoms with van der Waals surface area (Å²) in [5.74, 6) is 0.801. The molecule has 140 valence electrons. The van der Waals surface area contributed by atoms with Crippen LogP contribution in [0, 0.1) is 13.8 Å². The monoisotopic (exact) mass is 400 g/mol. The molecule has 2 aromatic heterocycles. The Hall–Kier alpha value is -2.16. The van der Waals surface area contributed by atoms with Gasteiger partial charge in [-0.2, -0.15) is 0 Å². The molecule has 1 aliphatic rings. The average molecular weight is 401 g/mol. The molecule has 1 aliphatic heterocycles. The Balaban J connectivity index is 1.50. The number of sulfone groups is 1. The summed E-state index contributed by atoms with van der Waals surface area (Å²) in [4.78, 5) is 16.5. The van der Waals surface area contributed by atoms with Gasteiger partial charge in [-0.25, -0.2) is 23.4 Å². The van der Waals surface area contributed by atoms with Gasteiger partial charge < -0.3 is 0 Å². The van der Waals surface area contributed by atoms with Gasteiger partial charge in [0.25, 0.3) is 0 Å². The first-order chi connectivity index (χ1) is 12.9. The van der Waals surface area contributed by atoms with Crippen LogP contribution in [0.3, 0.4) is 0 Å². The fourth-order valence-electron chi connectivity index (χ4n) is 3.13. The Bertz CT molecular complexity index is 1080. The molecule has 3 heterocycles. The van der Waals surface area contributed by atoms with Crippen LogP contribution in [0.2, 0.25) is 0 Å². The topological polar surface area (TPSA) is 76.1 Å². The van der Waals surface area contributed by atoms with Gasteiger partial charge in [0, 0.05) is 54.6 Å². The smallest absolute Gasteiger partial charge is 0.233 e. The van der Waals surface area contributed by atoms with Crippen LogP contribution in [0.4, 0.5) is 0 Å². The molecule has 27 heavy (non-hydrogen) atoms. The van der Waals surface area contributed by atoms with Crippen LogP contribution in [0.1, 0.15) is 27.5 Å². The highest BCUT2D eigenvalue weighted by molar-refractivity contribution is 7.93. The molecular formula is C19H20N4O2S2. The summed E-state index contributed by atoms with van der Waals surface area (Å²) in [7, 11) is -3.56. The summed E-state index contributed by atoms with van der Waals surface area (Å²) in [5, 5.41) is 0. The van der Waals surface area contributed by atoms with Crippen molar-refractivity contribution >= 4 is 21.2 Å². The van der Waals surface area contributed by atoms with Crippen LogP contribution in [-0.2, 0) is 29.3 Å². The standard InChI is InChI=1S/C19H20N4O2S2/c1-13-3-5-17(6-4-13)27(24,25)19-21-10-16(26-19)12-23-8-7-18-15(11-23)9-20-14(2)22-18/h3-6,9-10H,7-8,11-12H2,1-2H3. The minimum Gasteiger partial charge on any atom is -0.293 e. The van der Waals surface area contributed by atoms with Gasteiger partial charge in [0.05, 0.1) is 4.90 Å². The van der Waals surface area contributed by atoms with E-state index in [-0.39, 0.29) is 9.24 Å². The van der Waals surface area contributed by atoms with E-state index in [1.165, 1.54) is 11.3 Å². The Morgan fingerprint density at radius 2 is 1.89 bits per heavy atom. The second-order valence-electron chi connectivity index (χ2n) is 6.76. The number of rotatable bonds is 4. The lowest BCUT2D eigenvalue weighted by atomic mass is 10.1. The molecule has 3 aromatic rings. The van der Waals surface area contributed by atoms with E-state index in [4.69, 9.17) is 0 Å². The zero-order valence-electron chi connectivity index (χ0n) is 15.2. The maximum absolute atomic E-state index is 12.8. The second kappa shape index (κ2) is 7.10. The van der Waals surface area contributed by atoms with Gasteiger partial charge >= 0.3 is 0 Å². The lowest BCUT2D eigenvalue weighted by Crippen LogP contribution is -2.30. The van der Waals surface area contributed by atoms with Crippen LogP contribution in [0.25, 0.3) is 0 Å². The van der Waals surface area contributed by atoms with Crippen LogP contribution in [0.15, 0.2) is 45.9 Å². The van der Waals surface area contributed by atoms with Crippen LogP contribution < -0.4 is 0 Å². The van der Waals surface area contributed by atoms with E-state index in [0.29, 0.717) is 6.54 Å². The van der Waals surface area contributed by atoms with Crippen LogP contribution >= 0.6 is 11.3 Å². The van der Waals surface area contributed by atoms with E-state index >= 15 is 0 Å². The normalized spacial score (nSPS) is 14.9. The van der Waals surface area contributed by atoms with Crippen molar-refractivity contribution in [2.45, 2.75) is 42.6 Å². The number of benzene rings is 1. The number of aromatic nitrogens is 3. The highest BCUT2D eigenvalue weighted by Crippen LogP contribution is 2.27. The number of hydrogen-bond donors (Lipinski definition) is 0. The van der Waals surface area contributed by atoms with E-state index in [1.54, 1.807) is 30.5 Å². The van der Waals surface area contributed by atoms with Gasteiger partial charge in [0.2, 0.25) is 14.2 Å². The molecule has 0 N–H and O–H groups in total. The largest absolute Gasteiger partial charge is 0.293 e. The SMILES string of the molecule is Cc1ccc(S(=O)(=O)c2ncc(CN3CCc4nc(C)ncc4C3)s2)cc1. The van der Waals surface area contributed by atoms with E-state index in [0.717, 1.165) is 47.0 Å². The Labute approximate surface area is 162 Å². The molecule has 0 amide bonds. The molecule has 0 aliphatic carbocycles. The van der Waals surface area contributed by atoms with Crippen molar-refractivity contribution < 1.29 is 8.42 Å². The lowest BCUT2D eigenvalue weighted by Gasteiger charge is -2.27. The van der Waals surface area contributed by atoms with Crippen molar-refractivity contribution in [3.63, 3.8) is 0 Å². The van der Waals surface area contributed by atoms with E-state index in [1.807, 2.05) is 20.0 Å². The fourth-order valence-corrected chi connectivity index (χ4v) is 5.75. The second-order valence-corrected chi connectivity index (χ2v) is 10.00. The molecule has 0 spiro atoms. The molecule has 8 heteroatoms. The molecule has 6 nitrogen and oxygen atoms in total. The molecule has 0 unspecified atom stereocenters. The lowest BCUT2D eigenvalue weighted by molar-refractivity contribution is 0.244. The van der Waals surface area contributed by atoms with E-state index < -0.39 is 9.84 Å². The van der Waals surface area contributed by atoms with Gasteiger partial charge in [-0.1, -0.05) is 17.7 Å². The summed E-state index contributed by atoms with van der Waals surface area (Å²) >= 11 is 1.24. The number of aryl methyl sites for hydroxylation is 2. The van der Waals surface area contributed by atoms with Crippen LogP contribution in [-0.4, -0.2) is 34.8 Å². The minimum atomic E-state index is -3.56. The first-order valence-electron chi connectivity index (χ1n) is 8.72. The quantitative estimate of drug-likeness (QED) is 0.670. The highest BCUT2D eigenvalue weighted by atomic mass is 32.2. The van der Waals surface area contributed by atoms with Crippen molar-refractivity contribution in [2.24, 2.45) is 0 Å². The predicted molar refractivity (Wildman–Crippen MR) is 103 cm³/mol. The molecule has 0 bridgehead atoms. The molecule has 0 radical (unpaired) electrons. The number of nitrogens with zero attached hydrogens (tertiary/aromatic N) is 4. The summed E-state index contributed by atoms with van der Waals surface area (Å²) < 4.78 is 25.7. The Morgan fingerprint density at radius 1 is 1.11 bits per heavy atom. The van der Waals surface area contributed by atoms with Crippen molar-refractivity contribution in [1.29, 1.82) is 0 Å². The van der Waals surface area contributed by atoms with Crippen molar-refractivity contribution in [3.05, 3.63) is 64.2 Å². The van der Waals surface area contributed by atoms with Gasteiger partial charge in [0.1, 0.15) is 5.82 Å². The van der Waals surface area contributed by atoms with Crippen LogP contribution in [0.5, 0.6) is 0 Å². The maximum Gasteiger partial charge on any atom is 0.233 e. The van der Waals surface area contributed by atoms with Crippen molar-refractivity contribution in [1.82, 2.24) is 19.9 Å². The summed E-state index contributed by atoms with van der Waals surface area (Å²) in [5.41, 5.74) is 3.29. The van der Waals surface area contributed by atoms with E-state index in [9.17, 15) is 8.42 Å². The highest BCUT2D eigenvalue weighted by Gasteiger charge is 2.23. The number of fused-ring (bicyclic) bond motifs is 1. The zero-order valence-corrected chi connectivity index (χ0v) is 16.8. The molecular weight excluding hydrogens is 380 g/mol. The first-order valence-corrected chi connectivity index (χ1v) is 11.0. The third kappa shape index (κ3) is 3.78. The van der Waals surface area contributed by atoms with Gasteiger partial charge in [0.15, 0.2) is 0 Å². The predicted octanol–water partition coefficient (Wildman–Crippen LogP) is 2.94. The molecule has 0 saturated heterocycles. The maximum atomic E-state index is 12.8. The Morgan fingerprint density at radius 3 is 2.67 bits per heavy atom. The molecule has 0 saturated carbocycles. The molecule has 1 aromatic carbocycles. The van der Waals surface area contributed by atoms with Crippen molar-refractivity contribution in [3.8, 4) is 0 Å². The average Bonchev–Trinajstić information content (AvgIpc) is 3.11. The third-order valence-corrected chi connectivity index (χ3v) is 7.75. The zero-order chi connectivity index (χ0) is 19.0. The van der Waals surface area contributed by atoms with Gasteiger partial charge in [-0.05, 0) is 26.0 Å². The minimum absolute atomic E-state index is 0.151. The summed E-state index contributed by atoms with van der Waals surface area (Å²) in [6, 6.07) is 6.87. The Kier molecular flexibility index (Phi) is 4.79. The summed E-state index contributed by atoms with van der Waals surface area (Å²) in [6.07, 6.45) is 4.45. The molecule has 4 rings (SSSR count). The van der Waals surface area contributed by atoms with Gasteiger partial charge in [-0.3, -0.25) is 4.90 Å². The number of thiazole rings is 1. The summed E-state index contributed by atoms with van der Waals surface area (Å²) in [6.45, 7) is 6.17. The third-order valence-electron chi connectivity index (χ3n) is 4.61. The first kappa shape index (κ1) is 18.2. The molecule has 0 fully saturated rings.